The molecule has 0 spiro atoms. The Kier molecular flexibility index (Phi) is 28.3. The summed E-state index contributed by atoms with van der Waals surface area (Å²) in [5.41, 5.74) is 0. The second kappa shape index (κ2) is 29.3. The number of phosphoric ester groups is 1. The van der Waals surface area contributed by atoms with E-state index in [1.807, 2.05) is 21.1 Å². The number of carbonyl (C=O) groups excluding carboxylic acids is 3. The molecular formula is C35H66NO10P. The van der Waals surface area contributed by atoms with Crippen LogP contribution in [0, 0.1) is 0 Å². The minimum Gasteiger partial charge on any atom is -0.756 e. The van der Waals surface area contributed by atoms with Crippen LogP contribution in [0.15, 0.2) is 12.2 Å². The van der Waals surface area contributed by atoms with E-state index in [-0.39, 0.29) is 26.1 Å². The van der Waals surface area contributed by atoms with E-state index in [2.05, 4.69) is 6.92 Å². The summed E-state index contributed by atoms with van der Waals surface area (Å²) in [4.78, 5) is 47.4. The number of rotatable bonds is 33. The molecule has 0 aromatic carbocycles. The lowest BCUT2D eigenvalue weighted by Gasteiger charge is -2.28. The van der Waals surface area contributed by atoms with Gasteiger partial charge in [-0.3, -0.25) is 18.9 Å². The van der Waals surface area contributed by atoms with Crippen molar-refractivity contribution in [3.63, 3.8) is 0 Å². The standard InChI is InChI=1S/C35H66NO10P/c1-5-6-7-8-9-10-11-12-13-14-15-16-20-25-34(39)43-30-33(31-45-47(41,42)44-29-27-36(2,3)4)46-35(40)26-21-18-17-19-23-32(38)24-22-28-37/h22,24,28,32-33,38H,5-21,23,25-27,29-31H2,1-4H3/t32?,33-/m1/s1. The highest BCUT2D eigenvalue weighted by molar-refractivity contribution is 7.45. The van der Waals surface area contributed by atoms with Crippen molar-refractivity contribution < 1.29 is 52.0 Å². The van der Waals surface area contributed by atoms with Gasteiger partial charge in [-0.15, -0.1) is 0 Å². The molecule has 0 heterocycles. The topological polar surface area (TPSA) is 148 Å². The predicted octanol–water partition coefficient (Wildman–Crippen LogP) is 6.59. The summed E-state index contributed by atoms with van der Waals surface area (Å²) >= 11 is 0. The van der Waals surface area contributed by atoms with Gasteiger partial charge in [0.25, 0.3) is 7.82 Å². The maximum absolute atomic E-state index is 12.5. The minimum atomic E-state index is -4.65. The first-order chi connectivity index (χ1) is 22.4. The number of ether oxygens (including phenoxy) is 2. The number of phosphoric acid groups is 1. The number of aliphatic hydroxyl groups excluding tert-OH is 1. The highest BCUT2D eigenvalue weighted by atomic mass is 31.2. The molecule has 11 nitrogen and oxygen atoms in total. The van der Waals surface area contributed by atoms with Gasteiger partial charge in [0.15, 0.2) is 6.10 Å². The van der Waals surface area contributed by atoms with Gasteiger partial charge in [-0.05, 0) is 25.3 Å². The third-order valence-corrected chi connectivity index (χ3v) is 8.65. The van der Waals surface area contributed by atoms with Gasteiger partial charge in [0.1, 0.15) is 26.0 Å². The van der Waals surface area contributed by atoms with Crippen molar-refractivity contribution >= 4 is 26.0 Å². The predicted molar refractivity (Wildman–Crippen MR) is 182 cm³/mol. The number of likely N-dealkylation sites (N-methyl/N-ethyl adjacent to an activating group) is 1. The Morgan fingerprint density at radius 3 is 1.81 bits per heavy atom. The van der Waals surface area contributed by atoms with Gasteiger partial charge in [0.05, 0.1) is 33.9 Å². The fraction of sp³-hybridized carbons (Fsp3) is 0.857. The van der Waals surface area contributed by atoms with Crippen molar-refractivity contribution in [1.29, 1.82) is 0 Å². The molecule has 0 amide bonds. The molecule has 2 unspecified atom stereocenters. The second-order valence-electron chi connectivity index (χ2n) is 13.4. The molecule has 47 heavy (non-hydrogen) atoms. The summed E-state index contributed by atoms with van der Waals surface area (Å²) < 4.78 is 33.4. The Labute approximate surface area is 285 Å². The maximum atomic E-state index is 12.5. The molecule has 0 saturated heterocycles. The zero-order valence-electron chi connectivity index (χ0n) is 29.9. The van der Waals surface area contributed by atoms with Crippen LogP contribution in [0.4, 0.5) is 0 Å². The van der Waals surface area contributed by atoms with Crippen molar-refractivity contribution in [3.8, 4) is 0 Å². The summed E-state index contributed by atoms with van der Waals surface area (Å²) in [6.07, 6.45) is 20.8. The molecule has 0 radical (unpaired) electrons. The van der Waals surface area contributed by atoms with Crippen molar-refractivity contribution in [2.45, 2.75) is 148 Å². The molecule has 1 N–H and O–H groups in total. The van der Waals surface area contributed by atoms with Crippen molar-refractivity contribution in [1.82, 2.24) is 0 Å². The van der Waals surface area contributed by atoms with E-state index in [1.54, 1.807) is 0 Å². The third-order valence-electron chi connectivity index (χ3n) is 7.69. The second-order valence-corrected chi connectivity index (χ2v) is 14.8. The van der Waals surface area contributed by atoms with Crippen LogP contribution in [-0.2, 0) is 37.5 Å². The lowest BCUT2D eigenvalue weighted by atomic mass is 10.0. The van der Waals surface area contributed by atoms with Crippen molar-refractivity contribution in [2.24, 2.45) is 0 Å². The van der Waals surface area contributed by atoms with Crippen LogP contribution in [0.25, 0.3) is 0 Å². The molecule has 0 aliphatic rings. The Balaban J connectivity index is 4.48. The van der Waals surface area contributed by atoms with E-state index < -0.39 is 38.6 Å². The zero-order valence-corrected chi connectivity index (χ0v) is 30.8. The monoisotopic (exact) mass is 691 g/mol. The van der Waals surface area contributed by atoms with Crippen LogP contribution in [0.5, 0.6) is 0 Å². The molecule has 3 atom stereocenters. The summed E-state index contributed by atoms with van der Waals surface area (Å²) in [7, 11) is 1.05. The normalized spacial score (nSPS) is 14.5. The molecule has 12 heteroatoms. The molecule has 0 aromatic rings. The fourth-order valence-electron chi connectivity index (χ4n) is 4.79. The van der Waals surface area contributed by atoms with Gasteiger partial charge < -0.3 is 33.0 Å². The summed E-state index contributed by atoms with van der Waals surface area (Å²) in [5, 5.41) is 9.72. The van der Waals surface area contributed by atoms with E-state index in [1.165, 1.54) is 69.9 Å². The van der Waals surface area contributed by atoms with Crippen LogP contribution in [0.1, 0.15) is 135 Å². The number of carbonyl (C=O) groups is 3. The van der Waals surface area contributed by atoms with Crippen LogP contribution < -0.4 is 4.89 Å². The Bertz CT molecular complexity index is 877. The first-order valence-electron chi connectivity index (χ1n) is 17.9. The fourth-order valence-corrected chi connectivity index (χ4v) is 5.52. The molecule has 0 aliphatic heterocycles. The molecule has 0 rings (SSSR count). The maximum Gasteiger partial charge on any atom is 0.306 e. The van der Waals surface area contributed by atoms with E-state index in [9.17, 15) is 28.9 Å². The largest absolute Gasteiger partial charge is 0.756 e. The molecule has 276 valence electrons. The van der Waals surface area contributed by atoms with Crippen molar-refractivity contribution in [3.05, 3.63) is 12.2 Å². The molecule has 0 fully saturated rings. The average Bonchev–Trinajstić information content (AvgIpc) is 3.00. The highest BCUT2D eigenvalue weighted by Gasteiger charge is 2.21. The van der Waals surface area contributed by atoms with Crippen LogP contribution in [0.2, 0.25) is 0 Å². The minimum absolute atomic E-state index is 0.0623. The lowest BCUT2D eigenvalue weighted by Crippen LogP contribution is -2.37. The van der Waals surface area contributed by atoms with Gasteiger partial charge in [0, 0.05) is 12.8 Å². The van der Waals surface area contributed by atoms with Crippen LogP contribution >= 0.6 is 7.82 Å². The smallest absolute Gasteiger partial charge is 0.306 e. The molecule has 0 bridgehead atoms. The number of hydrogen-bond donors (Lipinski definition) is 1. The first kappa shape index (κ1) is 45.4. The summed E-state index contributed by atoms with van der Waals surface area (Å²) in [6.45, 7) is 1.79. The van der Waals surface area contributed by atoms with E-state index in [0.717, 1.165) is 38.5 Å². The number of allylic oxidation sites excluding steroid dienone is 1. The number of aldehydes is 1. The highest BCUT2D eigenvalue weighted by Crippen LogP contribution is 2.38. The van der Waals surface area contributed by atoms with E-state index >= 15 is 0 Å². The number of aliphatic hydroxyl groups is 1. The van der Waals surface area contributed by atoms with E-state index in [4.69, 9.17) is 18.5 Å². The first-order valence-corrected chi connectivity index (χ1v) is 19.4. The zero-order chi connectivity index (χ0) is 35.2. The average molecular weight is 692 g/mol. The van der Waals surface area contributed by atoms with Gasteiger partial charge in [-0.25, -0.2) is 0 Å². The lowest BCUT2D eigenvalue weighted by molar-refractivity contribution is -0.870. The SMILES string of the molecule is CCCCCCCCCCCCCCCC(=O)OC[C@H](COP(=O)([O-])OCC[N+](C)(C)C)OC(=O)CCCCCCC(O)C=CC=O. The number of quaternary nitrogens is 1. The summed E-state index contributed by atoms with van der Waals surface area (Å²) in [5.74, 6) is -0.976. The molecule has 0 aliphatic carbocycles. The van der Waals surface area contributed by atoms with E-state index in [0.29, 0.717) is 36.6 Å². The Morgan fingerprint density at radius 1 is 0.766 bits per heavy atom. The number of esters is 2. The van der Waals surface area contributed by atoms with Gasteiger partial charge in [-0.2, -0.15) is 0 Å². The molecular weight excluding hydrogens is 625 g/mol. The van der Waals surface area contributed by atoms with Crippen LogP contribution in [0.3, 0.4) is 0 Å². The Hall–Kier alpha value is -1.62. The van der Waals surface area contributed by atoms with Crippen molar-refractivity contribution in [2.75, 3.05) is 47.5 Å². The van der Waals surface area contributed by atoms with Gasteiger partial charge >= 0.3 is 11.9 Å². The quantitative estimate of drug-likeness (QED) is 0.0200. The molecule has 0 saturated carbocycles. The molecule has 0 aromatic heterocycles. The Morgan fingerprint density at radius 2 is 1.28 bits per heavy atom. The van der Waals surface area contributed by atoms with Crippen LogP contribution in [-0.4, -0.2) is 87.5 Å². The third kappa shape index (κ3) is 32.7. The number of hydrogen-bond acceptors (Lipinski definition) is 10. The van der Waals surface area contributed by atoms with Gasteiger partial charge in [0.2, 0.25) is 0 Å². The summed E-state index contributed by atoms with van der Waals surface area (Å²) in [6, 6.07) is 0. The number of nitrogens with zero attached hydrogens (tertiary/aromatic N) is 1. The van der Waals surface area contributed by atoms with Gasteiger partial charge in [-0.1, -0.05) is 109 Å². The number of unbranched alkanes of at least 4 members (excludes halogenated alkanes) is 15.